The van der Waals surface area contributed by atoms with Crippen LogP contribution in [0.3, 0.4) is 0 Å². The van der Waals surface area contributed by atoms with Crippen LogP contribution in [0, 0.1) is 5.82 Å². The fourth-order valence-electron chi connectivity index (χ4n) is 2.38. The summed E-state index contributed by atoms with van der Waals surface area (Å²) >= 11 is 0. The smallest absolute Gasteiger partial charge is 0.240 e. The van der Waals surface area contributed by atoms with Gasteiger partial charge in [0.05, 0.1) is 18.2 Å². The van der Waals surface area contributed by atoms with Crippen molar-refractivity contribution in [1.29, 1.82) is 0 Å². The second kappa shape index (κ2) is 5.61. The predicted molar refractivity (Wildman–Crippen MR) is 74.3 cm³/mol. The number of benzene rings is 1. The average Bonchev–Trinajstić information content (AvgIpc) is 3.20. The molecule has 1 aromatic rings. The lowest BCUT2D eigenvalue weighted by Gasteiger charge is -2.33. The summed E-state index contributed by atoms with van der Waals surface area (Å²) in [6.45, 7) is 0.921. The molecule has 5 nitrogen and oxygen atoms in total. The molecule has 0 spiro atoms. The van der Waals surface area contributed by atoms with Crippen LogP contribution in [0.4, 0.5) is 4.39 Å². The zero-order chi connectivity index (χ0) is 14.9. The molecule has 6 heteroatoms. The first-order valence-electron chi connectivity index (χ1n) is 7.17. The number of ether oxygens (including phenoxy) is 2. The van der Waals surface area contributed by atoms with Gasteiger partial charge in [-0.2, -0.15) is 0 Å². The molecule has 1 aromatic carbocycles. The predicted octanol–water partition coefficient (Wildman–Crippen LogP) is 0.970. The van der Waals surface area contributed by atoms with Gasteiger partial charge in [0.1, 0.15) is 17.7 Å². The second-order valence-corrected chi connectivity index (χ2v) is 5.71. The molecule has 1 aliphatic heterocycles. The number of halogens is 1. The zero-order valence-corrected chi connectivity index (χ0v) is 11.7. The van der Waals surface area contributed by atoms with Gasteiger partial charge >= 0.3 is 0 Å². The number of rotatable bonds is 4. The molecule has 0 radical (unpaired) electrons. The van der Waals surface area contributed by atoms with Crippen LogP contribution in [0.25, 0.3) is 0 Å². The van der Waals surface area contributed by atoms with Crippen LogP contribution in [0.1, 0.15) is 19.3 Å². The van der Waals surface area contributed by atoms with Crippen LogP contribution in [-0.2, 0) is 9.53 Å². The van der Waals surface area contributed by atoms with Crippen molar-refractivity contribution in [3.05, 3.63) is 30.1 Å². The van der Waals surface area contributed by atoms with E-state index in [9.17, 15) is 9.18 Å². The van der Waals surface area contributed by atoms with Gasteiger partial charge in [0.2, 0.25) is 5.91 Å². The van der Waals surface area contributed by atoms with E-state index in [0.717, 1.165) is 12.8 Å². The third-order valence-corrected chi connectivity index (χ3v) is 3.95. The van der Waals surface area contributed by atoms with Crippen molar-refractivity contribution in [3.63, 3.8) is 0 Å². The Morgan fingerprint density at radius 1 is 1.48 bits per heavy atom. The lowest BCUT2D eigenvalue weighted by molar-refractivity contribution is -0.126. The normalized spacial score (nSPS) is 27.0. The molecule has 2 aliphatic rings. The number of nitrogens with two attached hydrogens (primary N) is 1. The largest absolute Gasteiger partial charge is 0.486 e. The number of amides is 1. The van der Waals surface area contributed by atoms with Gasteiger partial charge in [-0.25, -0.2) is 4.39 Å². The lowest BCUT2D eigenvalue weighted by atomic mass is 10.0. The maximum absolute atomic E-state index is 13.2. The number of carbonyl (C=O) groups excluding carboxylic acids is 1. The molecule has 21 heavy (non-hydrogen) atoms. The minimum Gasteiger partial charge on any atom is -0.486 e. The highest BCUT2D eigenvalue weighted by molar-refractivity contribution is 5.89. The minimum absolute atomic E-state index is 0.137. The number of carbonyl (C=O) groups is 1. The Bertz CT molecular complexity index is 533. The van der Waals surface area contributed by atoms with E-state index in [1.165, 1.54) is 12.1 Å². The summed E-state index contributed by atoms with van der Waals surface area (Å²) in [5, 5.41) is 2.94. The molecular formula is C15H19FN2O3. The SMILES string of the molecule is NC1(C(=O)N[C@@H]2CCOC[C@H]2Oc2cccc(F)c2)CC1. The van der Waals surface area contributed by atoms with E-state index in [2.05, 4.69) is 5.32 Å². The van der Waals surface area contributed by atoms with E-state index < -0.39 is 5.54 Å². The number of nitrogens with one attached hydrogen (secondary N) is 1. The molecule has 1 aliphatic carbocycles. The topological polar surface area (TPSA) is 73.6 Å². The van der Waals surface area contributed by atoms with E-state index >= 15 is 0 Å². The quantitative estimate of drug-likeness (QED) is 0.868. The van der Waals surface area contributed by atoms with Crippen LogP contribution in [0.2, 0.25) is 0 Å². The van der Waals surface area contributed by atoms with Crippen molar-refractivity contribution in [1.82, 2.24) is 5.32 Å². The van der Waals surface area contributed by atoms with E-state index in [1.54, 1.807) is 12.1 Å². The van der Waals surface area contributed by atoms with Crippen molar-refractivity contribution in [3.8, 4) is 5.75 Å². The van der Waals surface area contributed by atoms with Crippen molar-refractivity contribution in [2.24, 2.45) is 5.73 Å². The molecule has 2 fully saturated rings. The summed E-state index contributed by atoms with van der Waals surface area (Å²) in [7, 11) is 0. The minimum atomic E-state index is -0.707. The summed E-state index contributed by atoms with van der Waals surface area (Å²) in [6.07, 6.45) is 1.75. The molecule has 0 unspecified atom stereocenters. The third-order valence-electron chi connectivity index (χ3n) is 3.95. The lowest BCUT2D eigenvalue weighted by Crippen LogP contribution is -2.55. The van der Waals surface area contributed by atoms with Gasteiger partial charge in [-0.3, -0.25) is 4.79 Å². The van der Waals surface area contributed by atoms with Crippen molar-refractivity contribution in [2.45, 2.75) is 36.9 Å². The fraction of sp³-hybridized carbons (Fsp3) is 0.533. The molecule has 2 atom stereocenters. The Hall–Kier alpha value is -1.66. The van der Waals surface area contributed by atoms with Gasteiger partial charge in [-0.15, -0.1) is 0 Å². The first-order chi connectivity index (χ1) is 10.1. The molecule has 1 amide bonds. The van der Waals surface area contributed by atoms with Crippen molar-refractivity contribution < 1.29 is 18.7 Å². The van der Waals surface area contributed by atoms with Crippen LogP contribution in [0.15, 0.2) is 24.3 Å². The molecule has 0 bridgehead atoms. The molecule has 114 valence electrons. The van der Waals surface area contributed by atoms with Gasteiger partial charge in [0, 0.05) is 12.7 Å². The van der Waals surface area contributed by atoms with Gasteiger partial charge in [-0.05, 0) is 31.4 Å². The molecule has 1 heterocycles. The summed E-state index contributed by atoms with van der Waals surface area (Å²) in [4.78, 5) is 12.1. The first kappa shape index (κ1) is 14.3. The zero-order valence-electron chi connectivity index (χ0n) is 11.7. The molecular weight excluding hydrogens is 275 g/mol. The van der Waals surface area contributed by atoms with Crippen LogP contribution >= 0.6 is 0 Å². The van der Waals surface area contributed by atoms with Gasteiger partial charge in [-0.1, -0.05) is 6.07 Å². The van der Waals surface area contributed by atoms with Crippen molar-refractivity contribution >= 4 is 5.91 Å². The highest BCUT2D eigenvalue weighted by Crippen LogP contribution is 2.32. The Morgan fingerprint density at radius 3 is 3.00 bits per heavy atom. The van der Waals surface area contributed by atoms with Gasteiger partial charge in [0.15, 0.2) is 0 Å². The monoisotopic (exact) mass is 294 g/mol. The average molecular weight is 294 g/mol. The van der Waals surface area contributed by atoms with Crippen molar-refractivity contribution in [2.75, 3.05) is 13.2 Å². The highest BCUT2D eigenvalue weighted by atomic mass is 19.1. The van der Waals surface area contributed by atoms with E-state index in [4.69, 9.17) is 15.2 Å². The van der Waals surface area contributed by atoms with Crippen LogP contribution in [0.5, 0.6) is 5.75 Å². The number of hydrogen-bond donors (Lipinski definition) is 2. The van der Waals surface area contributed by atoms with Crippen LogP contribution in [-0.4, -0.2) is 36.8 Å². The van der Waals surface area contributed by atoms with Gasteiger partial charge in [0.25, 0.3) is 0 Å². The van der Waals surface area contributed by atoms with Gasteiger partial charge < -0.3 is 20.5 Å². The molecule has 3 rings (SSSR count). The molecule has 1 saturated carbocycles. The summed E-state index contributed by atoms with van der Waals surface area (Å²) in [5.74, 6) is -0.0652. The maximum atomic E-state index is 13.2. The Labute approximate surface area is 122 Å². The molecule has 3 N–H and O–H groups in total. The Morgan fingerprint density at radius 2 is 2.29 bits per heavy atom. The van der Waals surface area contributed by atoms with E-state index in [1.807, 2.05) is 0 Å². The fourth-order valence-corrected chi connectivity index (χ4v) is 2.38. The van der Waals surface area contributed by atoms with E-state index in [-0.39, 0.29) is 23.9 Å². The maximum Gasteiger partial charge on any atom is 0.240 e. The number of hydrogen-bond acceptors (Lipinski definition) is 4. The summed E-state index contributed by atoms with van der Waals surface area (Å²) in [5.41, 5.74) is 5.18. The molecule has 0 aromatic heterocycles. The highest BCUT2D eigenvalue weighted by Gasteiger charge is 2.47. The Kier molecular flexibility index (Phi) is 3.82. The summed E-state index contributed by atoms with van der Waals surface area (Å²) < 4.78 is 24.4. The third kappa shape index (κ3) is 3.33. The van der Waals surface area contributed by atoms with E-state index in [0.29, 0.717) is 25.4 Å². The first-order valence-corrected chi connectivity index (χ1v) is 7.17. The molecule has 1 saturated heterocycles. The van der Waals surface area contributed by atoms with Crippen LogP contribution < -0.4 is 15.8 Å². The standard InChI is InChI=1S/C15H19FN2O3/c16-10-2-1-3-11(8-10)21-13-9-20-7-4-12(13)18-14(19)15(17)5-6-15/h1-3,8,12-13H,4-7,9,17H2,(H,18,19)/t12-,13-/m1/s1. The second-order valence-electron chi connectivity index (χ2n) is 5.71. The Balaban J connectivity index is 1.65. The summed E-state index contributed by atoms with van der Waals surface area (Å²) in [6, 6.07) is 5.77.